The van der Waals surface area contributed by atoms with Gasteiger partial charge in [0.15, 0.2) is 0 Å². The van der Waals surface area contributed by atoms with Crippen LogP contribution in [-0.4, -0.2) is 38.9 Å². The molecule has 0 amide bonds. The normalized spacial score (nSPS) is 16.0. The second kappa shape index (κ2) is 7.63. The van der Waals surface area contributed by atoms with E-state index in [1.807, 2.05) is 0 Å². The highest BCUT2D eigenvalue weighted by molar-refractivity contribution is 7.89. The Balaban J connectivity index is 1.83. The molecule has 0 atom stereocenters. The third-order valence-electron chi connectivity index (χ3n) is 5.02. The molecule has 4 nitrogen and oxygen atoms in total. The highest BCUT2D eigenvalue weighted by Crippen LogP contribution is 2.32. The zero-order valence-electron chi connectivity index (χ0n) is 16.0. The van der Waals surface area contributed by atoms with Crippen molar-refractivity contribution in [3.8, 4) is 0 Å². The maximum absolute atomic E-state index is 13.1. The van der Waals surface area contributed by atoms with Gasteiger partial charge in [-0.15, -0.1) is 0 Å². The number of hydrogen-bond donors (Lipinski definition) is 0. The van der Waals surface area contributed by atoms with Crippen LogP contribution in [0.5, 0.6) is 0 Å². The minimum Gasteiger partial charge on any atom is -0.368 e. The first-order valence-corrected chi connectivity index (χ1v) is 11.1. The van der Waals surface area contributed by atoms with Gasteiger partial charge >= 0.3 is 0 Å². The highest BCUT2D eigenvalue weighted by atomic mass is 35.5. The zero-order chi connectivity index (χ0) is 19.9. The standard InChI is InChI=1S/C20H24Cl2N2O2S/c1-13-9-15(3)20(16(4)10-13)23-5-7-24(8-6-23)27(25,26)19-11-14(2)17(21)12-18(19)22/h9-12H,5-8H2,1-4H3. The molecular weight excluding hydrogens is 403 g/mol. The molecule has 0 spiro atoms. The van der Waals surface area contributed by atoms with Crippen LogP contribution >= 0.6 is 23.2 Å². The quantitative estimate of drug-likeness (QED) is 0.711. The molecule has 7 heteroatoms. The van der Waals surface area contributed by atoms with Crippen LogP contribution in [0.15, 0.2) is 29.2 Å². The molecule has 0 N–H and O–H groups in total. The maximum atomic E-state index is 13.1. The molecule has 27 heavy (non-hydrogen) atoms. The fourth-order valence-corrected chi connectivity index (χ4v) is 6.02. The Morgan fingerprint density at radius 1 is 0.778 bits per heavy atom. The summed E-state index contributed by atoms with van der Waals surface area (Å²) in [6.45, 7) is 10.2. The SMILES string of the molecule is Cc1cc(C)c(N2CCN(S(=O)(=O)c3cc(C)c(Cl)cc3Cl)CC2)c(C)c1. The Morgan fingerprint density at radius 3 is 1.89 bits per heavy atom. The van der Waals surface area contributed by atoms with E-state index in [2.05, 4.69) is 37.8 Å². The second-order valence-electron chi connectivity index (χ2n) is 7.17. The Labute approximate surface area is 171 Å². The van der Waals surface area contributed by atoms with E-state index in [-0.39, 0.29) is 9.92 Å². The van der Waals surface area contributed by atoms with Crippen molar-refractivity contribution in [2.45, 2.75) is 32.6 Å². The van der Waals surface area contributed by atoms with E-state index in [1.54, 1.807) is 13.0 Å². The first kappa shape index (κ1) is 20.5. The molecule has 0 radical (unpaired) electrons. The Bertz CT molecular complexity index is 959. The van der Waals surface area contributed by atoms with Gasteiger partial charge in [-0.2, -0.15) is 4.31 Å². The number of sulfonamides is 1. The van der Waals surface area contributed by atoms with Crippen LogP contribution in [0, 0.1) is 27.7 Å². The van der Waals surface area contributed by atoms with Gasteiger partial charge in [0.1, 0.15) is 4.90 Å². The number of nitrogens with zero attached hydrogens (tertiary/aromatic N) is 2. The molecule has 1 heterocycles. The van der Waals surface area contributed by atoms with Gasteiger partial charge in [-0.3, -0.25) is 0 Å². The number of anilines is 1. The molecular formula is C20H24Cl2N2O2S. The Morgan fingerprint density at radius 2 is 1.33 bits per heavy atom. The lowest BCUT2D eigenvalue weighted by molar-refractivity contribution is 0.384. The van der Waals surface area contributed by atoms with Gasteiger partial charge in [-0.05, 0) is 56.5 Å². The van der Waals surface area contributed by atoms with E-state index in [0.717, 1.165) is 0 Å². The molecule has 0 aromatic heterocycles. The molecule has 0 aliphatic carbocycles. The number of benzene rings is 2. The van der Waals surface area contributed by atoms with Crippen LogP contribution in [0.3, 0.4) is 0 Å². The van der Waals surface area contributed by atoms with Gasteiger partial charge < -0.3 is 4.90 Å². The zero-order valence-corrected chi connectivity index (χ0v) is 18.3. The average molecular weight is 427 g/mol. The number of rotatable bonds is 3. The number of halogens is 2. The lowest BCUT2D eigenvalue weighted by Gasteiger charge is -2.37. The van der Waals surface area contributed by atoms with Gasteiger partial charge in [-0.1, -0.05) is 40.9 Å². The van der Waals surface area contributed by atoms with Crippen molar-refractivity contribution in [1.82, 2.24) is 4.31 Å². The lowest BCUT2D eigenvalue weighted by Crippen LogP contribution is -2.49. The fourth-order valence-electron chi connectivity index (χ4n) is 3.79. The smallest absolute Gasteiger partial charge is 0.244 e. The van der Waals surface area contributed by atoms with Crippen molar-refractivity contribution >= 4 is 38.9 Å². The van der Waals surface area contributed by atoms with Crippen molar-refractivity contribution < 1.29 is 8.42 Å². The molecule has 0 bridgehead atoms. The molecule has 1 aliphatic rings. The molecule has 0 saturated carbocycles. The molecule has 1 saturated heterocycles. The van der Waals surface area contributed by atoms with E-state index < -0.39 is 10.0 Å². The Kier molecular flexibility index (Phi) is 5.78. The van der Waals surface area contributed by atoms with E-state index in [9.17, 15) is 8.42 Å². The molecule has 1 aliphatic heterocycles. The van der Waals surface area contributed by atoms with E-state index in [0.29, 0.717) is 36.8 Å². The van der Waals surface area contributed by atoms with Crippen LogP contribution in [0.2, 0.25) is 10.0 Å². The summed E-state index contributed by atoms with van der Waals surface area (Å²) in [5.74, 6) is 0. The van der Waals surface area contributed by atoms with Crippen molar-refractivity contribution in [2.75, 3.05) is 31.1 Å². The third kappa shape index (κ3) is 3.97. The maximum Gasteiger partial charge on any atom is 0.244 e. The minimum atomic E-state index is -3.65. The number of hydrogen-bond acceptors (Lipinski definition) is 3. The summed E-state index contributed by atoms with van der Waals surface area (Å²) in [5, 5.41) is 0.632. The predicted molar refractivity (Wildman–Crippen MR) is 113 cm³/mol. The molecule has 3 rings (SSSR count). The lowest BCUT2D eigenvalue weighted by atomic mass is 10.0. The van der Waals surface area contributed by atoms with Crippen molar-refractivity contribution in [3.05, 3.63) is 56.6 Å². The van der Waals surface area contributed by atoms with Crippen LogP contribution in [0.1, 0.15) is 22.3 Å². The summed E-state index contributed by atoms with van der Waals surface area (Å²) in [5.41, 5.74) is 5.59. The predicted octanol–water partition coefficient (Wildman–Crippen LogP) is 4.74. The summed E-state index contributed by atoms with van der Waals surface area (Å²) in [4.78, 5) is 2.40. The summed E-state index contributed by atoms with van der Waals surface area (Å²) >= 11 is 12.2. The molecule has 2 aromatic rings. The molecule has 0 unspecified atom stereocenters. The van der Waals surface area contributed by atoms with Crippen LogP contribution in [0.25, 0.3) is 0 Å². The van der Waals surface area contributed by atoms with Gasteiger partial charge in [0, 0.05) is 36.9 Å². The monoisotopic (exact) mass is 426 g/mol. The van der Waals surface area contributed by atoms with Gasteiger partial charge in [0.2, 0.25) is 10.0 Å². The fraction of sp³-hybridized carbons (Fsp3) is 0.400. The van der Waals surface area contributed by atoms with Crippen LogP contribution in [0.4, 0.5) is 5.69 Å². The van der Waals surface area contributed by atoms with Gasteiger partial charge in [-0.25, -0.2) is 8.42 Å². The van der Waals surface area contributed by atoms with Crippen LogP contribution in [-0.2, 0) is 10.0 Å². The van der Waals surface area contributed by atoms with Crippen LogP contribution < -0.4 is 4.90 Å². The summed E-state index contributed by atoms with van der Waals surface area (Å²) in [7, 11) is -3.65. The van der Waals surface area contributed by atoms with E-state index >= 15 is 0 Å². The van der Waals surface area contributed by atoms with E-state index in [4.69, 9.17) is 23.2 Å². The average Bonchev–Trinajstić information content (AvgIpc) is 2.57. The molecule has 1 fully saturated rings. The Hall–Kier alpha value is -1.27. The first-order chi connectivity index (χ1) is 12.6. The summed E-state index contributed by atoms with van der Waals surface area (Å²) in [6, 6.07) is 7.39. The number of aryl methyl sites for hydroxylation is 4. The topological polar surface area (TPSA) is 40.6 Å². The largest absolute Gasteiger partial charge is 0.368 e. The third-order valence-corrected chi connectivity index (χ3v) is 7.79. The van der Waals surface area contributed by atoms with Gasteiger partial charge in [0.05, 0.1) is 5.02 Å². The van der Waals surface area contributed by atoms with Crippen molar-refractivity contribution in [2.24, 2.45) is 0 Å². The summed E-state index contributed by atoms with van der Waals surface area (Å²) in [6.07, 6.45) is 0. The first-order valence-electron chi connectivity index (χ1n) is 8.90. The summed E-state index contributed by atoms with van der Waals surface area (Å²) < 4.78 is 27.7. The molecule has 2 aromatic carbocycles. The van der Waals surface area contributed by atoms with Crippen molar-refractivity contribution in [1.29, 1.82) is 0 Å². The van der Waals surface area contributed by atoms with E-state index in [1.165, 1.54) is 32.7 Å². The second-order valence-corrected chi connectivity index (χ2v) is 9.89. The number of piperazine rings is 1. The molecule has 146 valence electrons. The minimum absolute atomic E-state index is 0.127. The van der Waals surface area contributed by atoms with Crippen molar-refractivity contribution in [3.63, 3.8) is 0 Å². The highest BCUT2D eigenvalue weighted by Gasteiger charge is 2.31. The van der Waals surface area contributed by atoms with Gasteiger partial charge in [0.25, 0.3) is 0 Å².